The van der Waals surface area contributed by atoms with E-state index in [1.54, 1.807) is 0 Å². The van der Waals surface area contributed by atoms with Gasteiger partial charge in [0.2, 0.25) is 5.89 Å². The van der Waals surface area contributed by atoms with Gasteiger partial charge in [-0.15, -0.1) is 0 Å². The van der Waals surface area contributed by atoms with Gasteiger partial charge in [-0.3, -0.25) is 0 Å². The lowest BCUT2D eigenvalue weighted by molar-refractivity contribution is 0.163. The summed E-state index contributed by atoms with van der Waals surface area (Å²) in [6, 6.07) is 0. The van der Waals surface area contributed by atoms with Crippen molar-refractivity contribution in [3.8, 4) is 0 Å². The molecule has 0 spiro atoms. The van der Waals surface area contributed by atoms with Crippen LogP contribution in [0, 0.1) is 5.92 Å². The first-order chi connectivity index (χ1) is 7.64. The summed E-state index contributed by atoms with van der Waals surface area (Å²) in [5, 5.41) is 3.98. The summed E-state index contributed by atoms with van der Waals surface area (Å²) in [5.74, 6) is 1.55. The van der Waals surface area contributed by atoms with E-state index in [9.17, 15) is 0 Å². The summed E-state index contributed by atoms with van der Waals surface area (Å²) in [4.78, 5) is 4.36. The Morgan fingerprint density at radius 2 is 2.38 bits per heavy atom. The van der Waals surface area contributed by atoms with Crippen LogP contribution in [0.5, 0.6) is 0 Å². The Labute approximate surface area is 95.3 Å². The van der Waals surface area contributed by atoms with Crippen molar-refractivity contribution in [1.82, 2.24) is 10.1 Å². The van der Waals surface area contributed by atoms with Crippen LogP contribution in [0.2, 0.25) is 0 Å². The van der Waals surface area contributed by atoms with Gasteiger partial charge in [-0.05, 0) is 19.8 Å². The predicted octanol–water partition coefficient (Wildman–Crippen LogP) is 1.23. The lowest BCUT2D eigenvalue weighted by atomic mass is 9.85. The van der Waals surface area contributed by atoms with Gasteiger partial charge in [0.05, 0.1) is 12.1 Å². The SMILES string of the molecule is CCCc1nc(C(C)(N)C2CCOC2)no1. The van der Waals surface area contributed by atoms with Gasteiger partial charge in [0, 0.05) is 18.9 Å². The standard InChI is InChI=1S/C11H19N3O2/c1-3-4-9-13-10(14-16-9)11(2,12)8-5-6-15-7-8/h8H,3-7,12H2,1-2H3. The van der Waals surface area contributed by atoms with Crippen LogP contribution >= 0.6 is 0 Å². The predicted molar refractivity (Wildman–Crippen MR) is 58.8 cm³/mol. The van der Waals surface area contributed by atoms with Gasteiger partial charge in [-0.25, -0.2) is 0 Å². The molecule has 2 N–H and O–H groups in total. The summed E-state index contributed by atoms with van der Waals surface area (Å²) in [7, 11) is 0. The van der Waals surface area contributed by atoms with E-state index in [4.69, 9.17) is 15.0 Å². The Hall–Kier alpha value is -0.940. The van der Waals surface area contributed by atoms with Gasteiger partial charge in [0.25, 0.3) is 0 Å². The highest BCUT2D eigenvalue weighted by atomic mass is 16.5. The van der Waals surface area contributed by atoms with Crippen molar-refractivity contribution < 1.29 is 9.26 Å². The summed E-state index contributed by atoms with van der Waals surface area (Å²) in [6.07, 6.45) is 2.77. The van der Waals surface area contributed by atoms with Gasteiger partial charge < -0.3 is 15.0 Å². The third-order valence-corrected chi connectivity index (χ3v) is 3.19. The van der Waals surface area contributed by atoms with Crippen LogP contribution in [0.4, 0.5) is 0 Å². The molecule has 90 valence electrons. The fourth-order valence-electron chi connectivity index (χ4n) is 1.98. The maximum absolute atomic E-state index is 6.29. The molecule has 1 aliphatic heterocycles. The molecule has 0 radical (unpaired) electrons. The van der Waals surface area contributed by atoms with Crippen LogP contribution in [0.25, 0.3) is 0 Å². The molecule has 1 fully saturated rings. The second-order valence-electron chi connectivity index (χ2n) is 4.60. The van der Waals surface area contributed by atoms with Crippen LogP contribution in [0.3, 0.4) is 0 Å². The van der Waals surface area contributed by atoms with Crippen molar-refractivity contribution in [3.63, 3.8) is 0 Å². The zero-order valence-corrected chi connectivity index (χ0v) is 9.90. The zero-order chi connectivity index (χ0) is 11.6. The number of nitrogens with zero attached hydrogens (tertiary/aromatic N) is 2. The second-order valence-corrected chi connectivity index (χ2v) is 4.60. The molecule has 2 unspecified atom stereocenters. The number of nitrogens with two attached hydrogens (primary N) is 1. The monoisotopic (exact) mass is 225 g/mol. The van der Waals surface area contributed by atoms with Crippen molar-refractivity contribution in [3.05, 3.63) is 11.7 Å². The summed E-state index contributed by atoms with van der Waals surface area (Å²) in [5.41, 5.74) is 5.74. The quantitative estimate of drug-likeness (QED) is 0.834. The minimum absolute atomic E-state index is 0.277. The fourth-order valence-corrected chi connectivity index (χ4v) is 1.98. The van der Waals surface area contributed by atoms with E-state index in [2.05, 4.69) is 17.1 Å². The normalized spacial score (nSPS) is 24.6. The maximum atomic E-state index is 6.29. The number of rotatable bonds is 4. The van der Waals surface area contributed by atoms with Crippen molar-refractivity contribution in [2.75, 3.05) is 13.2 Å². The summed E-state index contributed by atoms with van der Waals surface area (Å²) >= 11 is 0. The molecule has 16 heavy (non-hydrogen) atoms. The summed E-state index contributed by atoms with van der Waals surface area (Å²) in [6.45, 7) is 5.49. The molecule has 0 amide bonds. The highest BCUT2D eigenvalue weighted by Gasteiger charge is 2.38. The third-order valence-electron chi connectivity index (χ3n) is 3.19. The van der Waals surface area contributed by atoms with E-state index < -0.39 is 5.54 Å². The molecule has 0 saturated carbocycles. The van der Waals surface area contributed by atoms with Crippen LogP contribution in [0.15, 0.2) is 4.52 Å². The molecule has 0 aromatic carbocycles. The van der Waals surface area contributed by atoms with E-state index in [0.29, 0.717) is 18.3 Å². The Morgan fingerprint density at radius 1 is 1.56 bits per heavy atom. The van der Waals surface area contributed by atoms with E-state index in [0.717, 1.165) is 25.9 Å². The molecule has 1 aliphatic rings. The number of ether oxygens (including phenoxy) is 1. The van der Waals surface area contributed by atoms with Crippen molar-refractivity contribution in [2.24, 2.45) is 11.7 Å². The smallest absolute Gasteiger partial charge is 0.226 e. The molecule has 2 rings (SSSR count). The molecule has 5 nitrogen and oxygen atoms in total. The number of aryl methyl sites for hydroxylation is 1. The van der Waals surface area contributed by atoms with Crippen molar-refractivity contribution in [2.45, 2.75) is 38.6 Å². The maximum Gasteiger partial charge on any atom is 0.226 e. The molecule has 0 bridgehead atoms. The molecule has 2 heterocycles. The topological polar surface area (TPSA) is 74.2 Å². The van der Waals surface area contributed by atoms with Crippen LogP contribution in [-0.4, -0.2) is 23.4 Å². The average molecular weight is 225 g/mol. The van der Waals surface area contributed by atoms with Gasteiger partial charge >= 0.3 is 0 Å². The van der Waals surface area contributed by atoms with Crippen LogP contribution in [-0.2, 0) is 16.7 Å². The van der Waals surface area contributed by atoms with Gasteiger partial charge in [0.15, 0.2) is 5.82 Å². The van der Waals surface area contributed by atoms with Gasteiger partial charge in [-0.2, -0.15) is 4.98 Å². The molecule has 1 saturated heterocycles. The van der Waals surface area contributed by atoms with E-state index >= 15 is 0 Å². The molecule has 1 aromatic heterocycles. The van der Waals surface area contributed by atoms with Crippen molar-refractivity contribution in [1.29, 1.82) is 0 Å². The first kappa shape index (κ1) is 11.5. The molecule has 1 aromatic rings. The largest absolute Gasteiger partial charge is 0.381 e. The third kappa shape index (κ3) is 2.10. The number of hydrogen-bond donors (Lipinski definition) is 1. The molecular weight excluding hydrogens is 206 g/mol. The molecular formula is C11H19N3O2. The first-order valence-corrected chi connectivity index (χ1v) is 5.84. The van der Waals surface area contributed by atoms with E-state index in [1.807, 2.05) is 6.92 Å². The highest BCUT2D eigenvalue weighted by molar-refractivity contribution is 5.05. The van der Waals surface area contributed by atoms with Crippen LogP contribution < -0.4 is 5.73 Å². The molecule has 0 aliphatic carbocycles. The lowest BCUT2D eigenvalue weighted by Gasteiger charge is -2.26. The minimum Gasteiger partial charge on any atom is -0.381 e. The Bertz CT molecular complexity index is 343. The van der Waals surface area contributed by atoms with Crippen molar-refractivity contribution >= 4 is 0 Å². The van der Waals surface area contributed by atoms with Crippen LogP contribution in [0.1, 0.15) is 38.4 Å². The lowest BCUT2D eigenvalue weighted by Crippen LogP contribution is -2.42. The minimum atomic E-state index is -0.550. The van der Waals surface area contributed by atoms with E-state index in [-0.39, 0.29) is 5.92 Å². The fraction of sp³-hybridized carbons (Fsp3) is 0.818. The van der Waals surface area contributed by atoms with E-state index in [1.165, 1.54) is 0 Å². The Morgan fingerprint density at radius 3 is 3.00 bits per heavy atom. The van der Waals surface area contributed by atoms with Gasteiger partial charge in [-0.1, -0.05) is 12.1 Å². The number of aromatic nitrogens is 2. The summed E-state index contributed by atoms with van der Waals surface area (Å²) < 4.78 is 10.5. The van der Waals surface area contributed by atoms with Gasteiger partial charge in [0.1, 0.15) is 0 Å². The average Bonchev–Trinajstić information content (AvgIpc) is 2.88. The Balaban J connectivity index is 2.14. The highest BCUT2D eigenvalue weighted by Crippen LogP contribution is 2.30. The molecule has 5 heteroatoms. The Kier molecular flexibility index (Phi) is 3.25. The zero-order valence-electron chi connectivity index (χ0n) is 9.90. The second kappa shape index (κ2) is 4.51. The number of hydrogen-bond acceptors (Lipinski definition) is 5. The molecule has 2 atom stereocenters. The first-order valence-electron chi connectivity index (χ1n) is 5.84.